The zero-order valence-electron chi connectivity index (χ0n) is 13.2. The topological polar surface area (TPSA) is 64.4 Å². The summed E-state index contributed by atoms with van der Waals surface area (Å²) < 4.78 is 5.62. The van der Waals surface area contributed by atoms with Crippen molar-refractivity contribution < 1.29 is 9.53 Å². The van der Waals surface area contributed by atoms with Gasteiger partial charge in [0, 0.05) is 12.6 Å². The average molecular weight is 290 g/mol. The summed E-state index contributed by atoms with van der Waals surface area (Å²) in [5.41, 5.74) is 9.34. The van der Waals surface area contributed by atoms with Gasteiger partial charge < -0.3 is 15.8 Å². The smallest absolute Gasteiger partial charge is 0.249 e. The zero-order chi connectivity index (χ0) is 15.4. The molecule has 21 heavy (non-hydrogen) atoms. The van der Waals surface area contributed by atoms with E-state index < -0.39 is 0 Å². The van der Waals surface area contributed by atoms with Crippen LogP contribution in [0.15, 0.2) is 18.2 Å². The number of benzene rings is 1. The molecule has 1 unspecified atom stereocenters. The van der Waals surface area contributed by atoms with Crippen molar-refractivity contribution in [2.24, 2.45) is 5.73 Å². The lowest BCUT2D eigenvalue weighted by atomic mass is 10.0. The number of hydrogen-bond donors (Lipinski definition) is 2. The van der Waals surface area contributed by atoms with Gasteiger partial charge in [-0.25, -0.2) is 0 Å². The summed E-state index contributed by atoms with van der Waals surface area (Å²) in [7, 11) is 0. The van der Waals surface area contributed by atoms with Gasteiger partial charge >= 0.3 is 0 Å². The second kappa shape index (κ2) is 7.05. The summed E-state index contributed by atoms with van der Waals surface area (Å²) in [6.07, 6.45) is 2.18. The van der Waals surface area contributed by atoms with Crippen molar-refractivity contribution in [3.63, 3.8) is 0 Å². The first kappa shape index (κ1) is 16.0. The maximum Gasteiger partial charge on any atom is 0.249 e. The molecule has 4 nitrogen and oxygen atoms in total. The Morgan fingerprint density at radius 2 is 2.00 bits per heavy atom. The van der Waals surface area contributed by atoms with Gasteiger partial charge in [-0.1, -0.05) is 29.3 Å². The quantitative estimate of drug-likeness (QED) is 0.870. The van der Waals surface area contributed by atoms with Crippen LogP contribution in [0.2, 0.25) is 0 Å². The monoisotopic (exact) mass is 290 g/mol. The lowest BCUT2D eigenvalue weighted by Crippen LogP contribution is -2.41. The van der Waals surface area contributed by atoms with Gasteiger partial charge in [0.25, 0.3) is 0 Å². The molecule has 3 N–H and O–H groups in total. The fourth-order valence-corrected chi connectivity index (χ4v) is 3.00. The summed E-state index contributed by atoms with van der Waals surface area (Å²) in [6, 6.07) is 6.60. The molecular weight excluding hydrogens is 264 g/mol. The summed E-state index contributed by atoms with van der Waals surface area (Å²) in [5.74, 6) is -0.0113. The minimum Gasteiger partial charge on any atom is -0.364 e. The number of carbonyl (C=O) groups is 1. The van der Waals surface area contributed by atoms with Gasteiger partial charge in [-0.05, 0) is 45.6 Å². The van der Waals surface area contributed by atoms with Crippen molar-refractivity contribution in [3.05, 3.63) is 34.9 Å². The van der Waals surface area contributed by atoms with Crippen molar-refractivity contribution in [2.45, 2.75) is 58.3 Å². The van der Waals surface area contributed by atoms with E-state index in [1.165, 1.54) is 16.7 Å². The van der Waals surface area contributed by atoms with Crippen LogP contribution in [0.1, 0.15) is 36.5 Å². The Hall–Kier alpha value is -1.39. The zero-order valence-corrected chi connectivity index (χ0v) is 13.2. The van der Waals surface area contributed by atoms with Crippen LogP contribution in [0.4, 0.5) is 0 Å². The second-order valence-corrected chi connectivity index (χ2v) is 6.17. The minimum atomic E-state index is -0.333. The number of nitrogens with one attached hydrogen (secondary N) is 1. The van der Waals surface area contributed by atoms with E-state index in [4.69, 9.17) is 10.5 Å². The van der Waals surface area contributed by atoms with Crippen LogP contribution < -0.4 is 11.1 Å². The van der Waals surface area contributed by atoms with Crippen LogP contribution in [0.25, 0.3) is 0 Å². The van der Waals surface area contributed by atoms with Gasteiger partial charge in [0.05, 0.1) is 6.10 Å². The third-order valence-electron chi connectivity index (χ3n) is 3.87. The summed E-state index contributed by atoms with van der Waals surface area (Å²) >= 11 is 0. The summed E-state index contributed by atoms with van der Waals surface area (Å²) in [5, 5.41) is 3.05. The van der Waals surface area contributed by atoms with E-state index in [9.17, 15) is 4.79 Å². The Kier molecular flexibility index (Phi) is 5.37. The van der Waals surface area contributed by atoms with Crippen LogP contribution in [-0.2, 0) is 16.0 Å². The highest BCUT2D eigenvalue weighted by atomic mass is 16.5. The molecule has 1 aromatic carbocycles. The standard InChI is InChI=1S/C17H26N2O2/c1-11-6-12(2)8-14(7-11)9-13(3)19-17(20)16-5-4-15(10-18)21-16/h6-8,13,15-16H,4-5,9-10,18H2,1-3H3,(H,19,20)/t13?,15-,16+/m1/s1. The van der Waals surface area contributed by atoms with Crippen molar-refractivity contribution in [3.8, 4) is 0 Å². The first-order chi connectivity index (χ1) is 9.97. The van der Waals surface area contributed by atoms with Gasteiger partial charge in [0.1, 0.15) is 6.10 Å². The lowest BCUT2D eigenvalue weighted by molar-refractivity contribution is -0.132. The summed E-state index contributed by atoms with van der Waals surface area (Å²) in [4.78, 5) is 12.2. The normalized spacial score (nSPS) is 23.0. The summed E-state index contributed by atoms with van der Waals surface area (Å²) in [6.45, 7) is 6.71. The molecule has 0 aliphatic carbocycles. The highest BCUT2D eigenvalue weighted by Gasteiger charge is 2.30. The van der Waals surface area contributed by atoms with Crippen molar-refractivity contribution >= 4 is 5.91 Å². The first-order valence-corrected chi connectivity index (χ1v) is 7.71. The molecule has 1 saturated heterocycles. The molecule has 1 heterocycles. The van der Waals surface area contributed by atoms with Crippen molar-refractivity contribution in [1.29, 1.82) is 0 Å². The van der Waals surface area contributed by atoms with Gasteiger partial charge in [-0.2, -0.15) is 0 Å². The van der Waals surface area contributed by atoms with E-state index in [0.29, 0.717) is 6.54 Å². The van der Waals surface area contributed by atoms with E-state index >= 15 is 0 Å². The molecular formula is C17H26N2O2. The number of nitrogens with two attached hydrogens (primary N) is 1. The minimum absolute atomic E-state index is 0.0113. The Morgan fingerprint density at radius 3 is 2.57 bits per heavy atom. The fraction of sp³-hybridized carbons (Fsp3) is 0.588. The molecule has 0 radical (unpaired) electrons. The Bertz CT molecular complexity index is 481. The van der Waals surface area contributed by atoms with Crippen LogP contribution >= 0.6 is 0 Å². The Labute approximate surface area is 127 Å². The molecule has 3 atom stereocenters. The molecule has 0 spiro atoms. The maximum atomic E-state index is 12.2. The number of rotatable bonds is 5. The van der Waals surface area contributed by atoms with Crippen molar-refractivity contribution in [2.75, 3.05) is 6.54 Å². The lowest BCUT2D eigenvalue weighted by Gasteiger charge is -2.18. The third kappa shape index (κ3) is 4.55. The average Bonchev–Trinajstić information content (AvgIpc) is 2.85. The van der Waals surface area contributed by atoms with Crippen LogP contribution in [0.3, 0.4) is 0 Å². The van der Waals surface area contributed by atoms with Gasteiger partial charge in [-0.3, -0.25) is 4.79 Å². The molecule has 0 saturated carbocycles. The highest BCUT2D eigenvalue weighted by Crippen LogP contribution is 2.19. The van der Waals surface area contributed by atoms with Gasteiger partial charge in [0.15, 0.2) is 0 Å². The number of ether oxygens (including phenoxy) is 1. The molecule has 1 amide bonds. The fourth-order valence-electron chi connectivity index (χ4n) is 3.00. The molecule has 1 aromatic rings. The number of carbonyl (C=O) groups excluding carboxylic acids is 1. The molecule has 1 aliphatic rings. The van der Waals surface area contributed by atoms with E-state index in [2.05, 4.69) is 37.4 Å². The second-order valence-electron chi connectivity index (χ2n) is 6.17. The predicted molar refractivity (Wildman–Crippen MR) is 84.2 cm³/mol. The SMILES string of the molecule is Cc1cc(C)cc(CC(C)NC(=O)[C@@H]2CC[C@H](CN)O2)c1. The van der Waals surface area contributed by atoms with E-state index in [-0.39, 0.29) is 24.2 Å². The molecule has 2 rings (SSSR count). The molecule has 116 valence electrons. The molecule has 4 heteroatoms. The Morgan fingerprint density at radius 1 is 1.33 bits per heavy atom. The highest BCUT2D eigenvalue weighted by molar-refractivity contribution is 5.81. The number of aryl methyl sites for hydroxylation is 2. The van der Waals surface area contributed by atoms with E-state index in [1.807, 2.05) is 6.92 Å². The van der Waals surface area contributed by atoms with Crippen LogP contribution in [0.5, 0.6) is 0 Å². The number of amides is 1. The van der Waals surface area contributed by atoms with Crippen LogP contribution in [0, 0.1) is 13.8 Å². The van der Waals surface area contributed by atoms with E-state index in [0.717, 1.165) is 19.3 Å². The molecule has 0 bridgehead atoms. The largest absolute Gasteiger partial charge is 0.364 e. The number of hydrogen-bond acceptors (Lipinski definition) is 3. The van der Waals surface area contributed by atoms with Crippen LogP contribution in [-0.4, -0.2) is 30.7 Å². The van der Waals surface area contributed by atoms with Gasteiger partial charge in [-0.15, -0.1) is 0 Å². The molecule has 1 aliphatic heterocycles. The van der Waals surface area contributed by atoms with Crippen molar-refractivity contribution in [1.82, 2.24) is 5.32 Å². The van der Waals surface area contributed by atoms with E-state index in [1.54, 1.807) is 0 Å². The first-order valence-electron chi connectivity index (χ1n) is 7.71. The molecule has 0 aromatic heterocycles. The third-order valence-corrected chi connectivity index (χ3v) is 3.87. The maximum absolute atomic E-state index is 12.2. The predicted octanol–water partition coefficient (Wildman–Crippen LogP) is 1.86. The Balaban J connectivity index is 1.86. The molecule has 1 fully saturated rings. The van der Waals surface area contributed by atoms with Gasteiger partial charge in [0.2, 0.25) is 5.91 Å².